The zero-order chi connectivity index (χ0) is 15.4. The van der Waals surface area contributed by atoms with Gasteiger partial charge in [0.1, 0.15) is 0 Å². The molecule has 4 nitrogen and oxygen atoms in total. The lowest BCUT2D eigenvalue weighted by molar-refractivity contribution is -0.125. The van der Waals surface area contributed by atoms with Crippen LogP contribution in [0.15, 0.2) is 28.7 Å². The van der Waals surface area contributed by atoms with Gasteiger partial charge < -0.3 is 10.6 Å². The number of hydrogen-bond donors (Lipinski definition) is 2. The molecular weight excluding hydrogens is 332 g/mol. The summed E-state index contributed by atoms with van der Waals surface area (Å²) < 4.78 is 0.916. The molecule has 1 saturated carbocycles. The SMILES string of the molecule is CC(C)CCNC(=O)C1CC1C(=O)Nc1cccc(Br)c1. The average molecular weight is 353 g/mol. The molecule has 114 valence electrons. The number of amides is 2. The second-order valence-electron chi connectivity index (χ2n) is 5.92. The van der Waals surface area contributed by atoms with E-state index in [-0.39, 0.29) is 23.7 Å². The molecule has 2 unspecified atom stereocenters. The molecule has 21 heavy (non-hydrogen) atoms. The van der Waals surface area contributed by atoms with E-state index in [0.29, 0.717) is 18.9 Å². The average Bonchev–Trinajstić information content (AvgIpc) is 3.18. The Hall–Kier alpha value is -1.36. The van der Waals surface area contributed by atoms with Crippen molar-refractivity contribution in [1.82, 2.24) is 5.32 Å². The van der Waals surface area contributed by atoms with Gasteiger partial charge in [0.05, 0.1) is 11.8 Å². The van der Waals surface area contributed by atoms with Gasteiger partial charge in [0.15, 0.2) is 0 Å². The first-order valence-corrected chi connectivity index (χ1v) is 8.11. The monoisotopic (exact) mass is 352 g/mol. The maximum Gasteiger partial charge on any atom is 0.228 e. The highest BCUT2D eigenvalue weighted by Gasteiger charge is 2.47. The fourth-order valence-corrected chi connectivity index (χ4v) is 2.59. The maximum absolute atomic E-state index is 12.1. The first kappa shape index (κ1) is 16.0. The van der Waals surface area contributed by atoms with E-state index < -0.39 is 0 Å². The second kappa shape index (κ2) is 7.07. The van der Waals surface area contributed by atoms with Gasteiger partial charge in [-0.15, -0.1) is 0 Å². The van der Waals surface area contributed by atoms with Crippen LogP contribution in [0.4, 0.5) is 5.69 Å². The van der Waals surface area contributed by atoms with Crippen molar-refractivity contribution in [3.05, 3.63) is 28.7 Å². The molecule has 1 aromatic carbocycles. The number of hydrogen-bond acceptors (Lipinski definition) is 2. The Morgan fingerprint density at radius 1 is 1.29 bits per heavy atom. The van der Waals surface area contributed by atoms with E-state index in [1.807, 2.05) is 24.3 Å². The molecule has 2 rings (SSSR count). The topological polar surface area (TPSA) is 58.2 Å². The van der Waals surface area contributed by atoms with E-state index in [1.54, 1.807) is 0 Å². The largest absolute Gasteiger partial charge is 0.356 e. The standard InChI is InChI=1S/C16H21BrN2O2/c1-10(2)6-7-18-15(20)13-9-14(13)16(21)19-12-5-3-4-11(17)8-12/h3-5,8,10,13-14H,6-7,9H2,1-2H3,(H,18,20)(H,19,21). The van der Waals surface area contributed by atoms with Crippen LogP contribution >= 0.6 is 15.9 Å². The maximum atomic E-state index is 12.1. The van der Waals surface area contributed by atoms with Gasteiger partial charge in [-0.2, -0.15) is 0 Å². The first-order valence-electron chi connectivity index (χ1n) is 7.31. The van der Waals surface area contributed by atoms with Crippen molar-refractivity contribution in [3.8, 4) is 0 Å². The molecule has 1 aromatic rings. The van der Waals surface area contributed by atoms with Gasteiger partial charge in [-0.1, -0.05) is 35.8 Å². The van der Waals surface area contributed by atoms with Crippen molar-refractivity contribution in [3.63, 3.8) is 0 Å². The molecule has 1 aliphatic rings. The summed E-state index contributed by atoms with van der Waals surface area (Å²) in [7, 11) is 0. The molecule has 1 aliphatic carbocycles. The number of nitrogens with one attached hydrogen (secondary N) is 2. The summed E-state index contributed by atoms with van der Waals surface area (Å²) in [4.78, 5) is 24.0. The van der Waals surface area contributed by atoms with Crippen molar-refractivity contribution < 1.29 is 9.59 Å². The summed E-state index contributed by atoms with van der Waals surface area (Å²) in [5.74, 6) is 0.148. The summed E-state index contributed by atoms with van der Waals surface area (Å²) in [6.45, 7) is 4.93. The van der Waals surface area contributed by atoms with Crippen LogP contribution in [-0.4, -0.2) is 18.4 Å². The molecule has 0 saturated heterocycles. The molecule has 1 fully saturated rings. The van der Waals surface area contributed by atoms with Gasteiger partial charge in [-0.3, -0.25) is 9.59 Å². The first-order chi connectivity index (χ1) is 9.97. The lowest BCUT2D eigenvalue weighted by Crippen LogP contribution is -2.28. The summed E-state index contributed by atoms with van der Waals surface area (Å²) in [6, 6.07) is 7.45. The van der Waals surface area contributed by atoms with Crippen molar-refractivity contribution in [2.45, 2.75) is 26.7 Å². The number of benzene rings is 1. The number of halogens is 1. The van der Waals surface area contributed by atoms with Gasteiger partial charge in [0.2, 0.25) is 11.8 Å². The number of rotatable bonds is 6. The third-order valence-electron chi connectivity index (χ3n) is 3.58. The van der Waals surface area contributed by atoms with E-state index in [0.717, 1.165) is 16.6 Å². The Morgan fingerprint density at radius 2 is 2.00 bits per heavy atom. The smallest absolute Gasteiger partial charge is 0.228 e. The highest BCUT2D eigenvalue weighted by Crippen LogP contribution is 2.39. The van der Waals surface area contributed by atoms with Crippen molar-refractivity contribution in [2.24, 2.45) is 17.8 Å². The van der Waals surface area contributed by atoms with Crippen molar-refractivity contribution in [2.75, 3.05) is 11.9 Å². The molecule has 0 bridgehead atoms. The van der Waals surface area contributed by atoms with Gasteiger partial charge >= 0.3 is 0 Å². The quantitative estimate of drug-likeness (QED) is 0.825. The third-order valence-corrected chi connectivity index (χ3v) is 4.07. The molecule has 5 heteroatoms. The predicted molar refractivity (Wildman–Crippen MR) is 86.8 cm³/mol. The van der Waals surface area contributed by atoms with E-state index in [4.69, 9.17) is 0 Å². The van der Waals surface area contributed by atoms with Crippen LogP contribution in [0.1, 0.15) is 26.7 Å². The second-order valence-corrected chi connectivity index (χ2v) is 6.84. The highest BCUT2D eigenvalue weighted by molar-refractivity contribution is 9.10. The summed E-state index contributed by atoms with van der Waals surface area (Å²) in [5, 5.41) is 5.76. The van der Waals surface area contributed by atoms with E-state index >= 15 is 0 Å². The summed E-state index contributed by atoms with van der Waals surface area (Å²) in [6.07, 6.45) is 1.61. The summed E-state index contributed by atoms with van der Waals surface area (Å²) >= 11 is 3.36. The van der Waals surface area contributed by atoms with Crippen LogP contribution in [0.3, 0.4) is 0 Å². The van der Waals surface area contributed by atoms with E-state index in [1.165, 1.54) is 0 Å². The number of anilines is 1. The van der Waals surface area contributed by atoms with Gasteiger partial charge in [-0.05, 0) is 37.0 Å². The fraction of sp³-hybridized carbons (Fsp3) is 0.500. The molecular formula is C16H21BrN2O2. The fourth-order valence-electron chi connectivity index (χ4n) is 2.19. The third kappa shape index (κ3) is 4.84. The van der Waals surface area contributed by atoms with Crippen LogP contribution in [0.25, 0.3) is 0 Å². The minimum absolute atomic E-state index is 0.00467. The van der Waals surface area contributed by atoms with Gasteiger partial charge in [0.25, 0.3) is 0 Å². The minimum Gasteiger partial charge on any atom is -0.356 e. The molecule has 0 radical (unpaired) electrons. The molecule has 0 aromatic heterocycles. The lowest BCUT2D eigenvalue weighted by Gasteiger charge is -2.07. The zero-order valence-corrected chi connectivity index (χ0v) is 13.9. The normalized spacial score (nSPS) is 20.2. The van der Waals surface area contributed by atoms with Crippen molar-refractivity contribution in [1.29, 1.82) is 0 Å². The molecule has 0 aliphatic heterocycles. The molecule has 0 spiro atoms. The predicted octanol–water partition coefficient (Wildman–Crippen LogP) is 3.19. The molecule has 0 heterocycles. The van der Waals surface area contributed by atoms with Gasteiger partial charge in [-0.25, -0.2) is 0 Å². The molecule has 2 amide bonds. The van der Waals surface area contributed by atoms with E-state index in [2.05, 4.69) is 40.4 Å². The number of carbonyl (C=O) groups excluding carboxylic acids is 2. The van der Waals surface area contributed by atoms with Crippen LogP contribution in [0, 0.1) is 17.8 Å². The Morgan fingerprint density at radius 3 is 2.67 bits per heavy atom. The van der Waals surface area contributed by atoms with Crippen LogP contribution in [0.2, 0.25) is 0 Å². The Kier molecular flexibility index (Phi) is 5.39. The minimum atomic E-state index is -0.192. The highest BCUT2D eigenvalue weighted by atomic mass is 79.9. The van der Waals surface area contributed by atoms with Gasteiger partial charge in [0, 0.05) is 16.7 Å². The zero-order valence-electron chi connectivity index (χ0n) is 12.4. The molecule has 2 N–H and O–H groups in total. The summed E-state index contributed by atoms with van der Waals surface area (Å²) in [5.41, 5.74) is 0.750. The lowest BCUT2D eigenvalue weighted by atomic mass is 10.1. The molecule has 2 atom stereocenters. The van der Waals surface area contributed by atoms with Crippen LogP contribution in [-0.2, 0) is 9.59 Å². The van der Waals surface area contributed by atoms with Crippen LogP contribution in [0.5, 0.6) is 0 Å². The Labute approximate surface area is 133 Å². The number of carbonyl (C=O) groups is 2. The Balaban J connectivity index is 1.77. The van der Waals surface area contributed by atoms with Crippen molar-refractivity contribution >= 4 is 33.4 Å². The van der Waals surface area contributed by atoms with Crippen LogP contribution < -0.4 is 10.6 Å². The van der Waals surface area contributed by atoms with E-state index in [9.17, 15) is 9.59 Å². The Bertz CT molecular complexity index is 531.